The van der Waals surface area contributed by atoms with Gasteiger partial charge in [0, 0.05) is 19.0 Å². The number of Topliss-reactive ketones (excluding diaryl/α,β-unsaturated/α-hetero) is 2. The molecule has 11 heteroatoms. The van der Waals surface area contributed by atoms with Crippen LogP contribution in [0.5, 0.6) is 0 Å². The molecule has 0 aromatic rings. The number of amides is 5. The first-order valence-electron chi connectivity index (χ1n) is 16.5. The van der Waals surface area contributed by atoms with E-state index in [9.17, 15) is 28.8 Å². The first-order valence-corrected chi connectivity index (χ1v) is 16.5. The third-order valence-corrected chi connectivity index (χ3v) is 10.1. The predicted molar refractivity (Wildman–Crippen MR) is 165 cm³/mol. The average Bonchev–Trinajstić information content (AvgIpc) is 3.86. The van der Waals surface area contributed by atoms with E-state index in [0.717, 1.165) is 44.9 Å². The van der Waals surface area contributed by atoms with Crippen LogP contribution in [0.4, 0.5) is 4.79 Å². The number of ketones is 2. The number of fused-ring (bicyclic) bond motifs is 3. The maximum absolute atomic E-state index is 14.1. The van der Waals surface area contributed by atoms with Crippen LogP contribution in [0.3, 0.4) is 0 Å². The standard InChI is InChI=1S/C33H51N5O6/c1-6-17-34-30(42)28(40)22-13-11-9-7-8-10-12-14-23(36-32(44)37-25(19(2)3)27(39)20-15-16-20)31(43)38-18-21-24(33(21,4)5)26(38)29(41)35-22/h6,19-26H,1,7-18H2,2-5H3,(H,34,42)(H,35,41)(H2,36,37,44)/t21-,22-,23-,24-,25-,26-/m0/s1. The number of nitrogens with zero attached hydrogens (tertiary/aromatic N) is 1. The van der Waals surface area contributed by atoms with Gasteiger partial charge in [0.05, 0.1) is 12.1 Å². The maximum atomic E-state index is 14.1. The lowest BCUT2D eigenvalue weighted by atomic mass is 9.97. The highest BCUT2D eigenvalue weighted by molar-refractivity contribution is 6.38. The van der Waals surface area contributed by atoms with Crippen molar-refractivity contribution >= 4 is 35.3 Å². The molecule has 2 saturated carbocycles. The van der Waals surface area contributed by atoms with Gasteiger partial charge in [0.15, 0.2) is 5.78 Å². The summed E-state index contributed by atoms with van der Waals surface area (Å²) < 4.78 is 0. The number of hydrogen-bond donors (Lipinski definition) is 4. The molecule has 44 heavy (non-hydrogen) atoms. The molecule has 0 radical (unpaired) electrons. The average molecular weight is 614 g/mol. The van der Waals surface area contributed by atoms with Gasteiger partial charge in [-0.2, -0.15) is 0 Å². The Kier molecular flexibility index (Phi) is 10.9. The minimum atomic E-state index is -0.994. The highest BCUT2D eigenvalue weighted by Crippen LogP contribution is 2.65. The minimum Gasteiger partial charge on any atom is -0.346 e. The molecule has 0 unspecified atom stereocenters. The van der Waals surface area contributed by atoms with Crippen LogP contribution in [0, 0.1) is 29.1 Å². The van der Waals surface area contributed by atoms with E-state index in [2.05, 4.69) is 41.7 Å². The first-order chi connectivity index (χ1) is 20.9. The first kappa shape index (κ1) is 33.6. The van der Waals surface area contributed by atoms with Crippen LogP contribution in [0.2, 0.25) is 0 Å². The Morgan fingerprint density at radius 3 is 2.25 bits per heavy atom. The summed E-state index contributed by atoms with van der Waals surface area (Å²) in [5, 5.41) is 11.0. The fourth-order valence-corrected chi connectivity index (χ4v) is 7.14. The Balaban J connectivity index is 1.54. The van der Waals surface area contributed by atoms with Crippen LogP contribution < -0.4 is 21.3 Å². The number of hydrogen-bond acceptors (Lipinski definition) is 6. The van der Waals surface area contributed by atoms with Gasteiger partial charge in [-0.1, -0.05) is 72.3 Å². The minimum absolute atomic E-state index is 0.00881. The molecule has 6 atom stereocenters. The smallest absolute Gasteiger partial charge is 0.316 e. The molecule has 4 rings (SSSR count). The van der Waals surface area contributed by atoms with Crippen LogP contribution in [0.25, 0.3) is 0 Å². The van der Waals surface area contributed by atoms with Gasteiger partial charge in [0.25, 0.3) is 5.91 Å². The molecule has 5 amide bonds. The van der Waals surface area contributed by atoms with Crippen molar-refractivity contribution in [2.75, 3.05) is 13.1 Å². The van der Waals surface area contributed by atoms with Crippen molar-refractivity contribution in [3.05, 3.63) is 12.7 Å². The van der Waals surface area contributed by atoms with Gasteiger partial charge in [-0.25, -0.2) is 4.79 Å². The second-order valence-corrected chi connectivity index (χ2v) is 14.1. The summed E-state index contributed by atoms with van der Waals surface area (Å²) in [6.07, 6.45) is 8.87. The Bertz CT molecular complexity index is 1150. The molecular weight excluding hydrogens is 562 g/mol. The molecule has 2 aliphatic carbocycles. The molecule has 4 aliphatic rings. The summed E-state index contributed by atoms with van der Waals surface area (Å²) in [4.78, 5) is 81.3. The summed E-state index contributed by atoms with van der Waals surface area (Å²) >= 11 is 0. The van der Waals surface area contributed by atoms with Gasteiger partial charge in [0.1, 0.15) is 12.1 Å². The van der Waals surface area contributed by atoms with Gasteiger partial charge in [-0.15, -0.1) is 6.58 Å². The van der Waals surface area contributed by atoms with Gasteiger partial charge in [-0.05, 0) is 48.9 Å². The molecule has 4 N–H and O–H groups in total. The zero-order valence-electron chi connectivity index (χ0n) is 26.8. The number of carbonyl (C=O) groups is 6. The van der Waals surface area contributed by atoms with E-state index in [0.29, 0.717) is 25.8 Å². The highest BCUT2D eigenvalue weighted by atomic mass is 16.2. The zero-order chi connectivity index (χ0) is 32.2. The molecule has 2 heterocycles. The van der Waals surface area contributed by atoms with E-state index in [-0.39, 0.29) is 47.3 Å². The molecule has 0 spiro atoms. The molecule has 0 bridgehead atoms. The third kappa shape index (κ3) is 7.69. The van der Waals surface area contributed by atoms with Crippen molar-refractivity contribution < 1.29 is 28.8 Å². The maximum Gasteiger partial charge on any atom is 0.316 e. The summed E-state index contributed by atoms with van der Waals surface area (Å²) in [5.74, 6) is -2.30. The van der Waals surface area contributed by atoms with Gasteiger partial charge in [0.2, 0.25) is 17.6 Å². The van der Waals surface area contributed by atoms with Crippen LogP contribution in [-0.2, 0) is 24.0 Å². The van der Waals surface area contributed by atoms with E-state index in [4.69, 9.17) is 0 Å². The lowest BCUT2D eigenvalue weighted by Gasteiger charge is -2.34. The third-order valence-electron chi connectivity index (χ3n) is 10.1. The summed E-state index contributed by atoms with van der Waals surface area (Å²) in [7, 11) is 0. The molecule has 11 nitrogen and oxygen atoms in total. The topological polar surface area (TPSA) is 154 Å². The SMILES string of the molecule is C=CCNC(=O)C(=O)[C@@H]1CCCCCCCC[C@H](NC(=O)N[C@H](C(=O)C2CC2)C(C)C)C(=O)N2C[C@H]3[C@@H]([C@H]2C(=O)N1)C3(C)C. The number of carbonyl (C=O) groups excluding carboxylic acids is 6. The molecular formula is C33H51N5O6. The summed E-state index contributed by atoms with van der Waals surface area (Å²) in [6.45, 7) is 12.0. The monoisotopic (exact) mass is 613 g/mol. The highest BCUT2D eigenvalue weighted by Gasteiger charge is 2.69. The Labute approximate surface area is 261 Å². The molecule has 2 aliphatic heterocycles. The molecule has 4 fully saturated rings. The fourth-order valence-electron chi connectivity index (χ4n) is 7.14. The van der Waals surface area contributed by atoms with E-state index in [1.165, 1.54) is 6.08 Å². The second-order valence-electron chi connectivity index (χ2n) is 14.1. The molecule has 244 valence electrons. The van der Waals surface area contributed by atoms with Gasteiger partial charge < -0.3 is 26.2 Å². The Hall–Kier alpha value is -3.24. The van der Waals surface area contributed by atoms with Crippen molar-refractivity contribution in [3.63, 3.8) is 0 Å². The number of rotatable bonds is 9. The quantitative estimate of drug-likeness (QED) is 0.232. The number of piperidine rings is 1. The van der Waals surface area contributed by atoms with Gasteiger partial charge >= 0.3 is 6.03 Å². The van der Waals surface area contributed by atoms with Crippen LogP contribution in [-0.4, -0.2) is 77.5 Å². The number of urea groups is 1. The van der Waals surface area contributed by atoms with Crippen LogP contribution in [0.1, 0.15) is 91.9 Å². The lowest BCUT2D eigenvalue weighted by molar-refractivity contribution is -0.144. The number of nitrogens with one attached hydrogen (secondary N) is 4. The lowest BCUT2D eigenvalue weighted by Crippen LogP contribution is -2.59. The zero-order valence-corrected chi connectivity index (χ0v) is 26.8. The van der Waals surface area contributed by atoms with Crippen molar-refractivity contribution in [3.8, 4) is 0 Å². The van der Waals surface area contributed by atoms with E-state index in [1.54, 1.807) is 4.90 Å². The van der Waals surface area contributed by atoms with E-state index < -0.39 is 47.8 Å². The Morgan fingerprint density at radius 2 is 1.64 bits per heavy atom. The molecule has 2 saturated heterocycles. The van der Waals surface area contributed by atoms with Crippen molar-refractivity contribution in [1.82, 2.24) is 26.2 Å². The second kappa shape index (κ2) is 14.2. The van der Waals surface area contributed by atoms with Crippen LogP contribution >= 0.6 is 0 Å². The van der Waals surface area contributed by atoms with Crippen molar-refractivity contribution in [2.24, 2.45) is 29.1 Å². The van der Waals surface area contributed by atoms with E-state index in [1.807, 2.05) is 13.8 Å². The van der Waals surface area contributed by atoms with Crippen LogP contribution in [0.15, 0.2) is 12.7 Å². The van der Waals surface area contributed by atoms with E-state index >= 15 is 0 Å². The van der Waals surface area contributed by atoms with Crippen molar-refractivity contribution in [1.29, 1.82) is 0 Å². The predicted octanol–water partition coefficient (Wildman–Crippen LogP) is 2.63. The largest absolute Gasteiger partial charge is 0.346 e. The summed E-state index contributed by atoms with van der Waals surface area (Å²) in [5.41, 5.74) is -0.156. The summed E-state index contributed by atoms with van der Waals surface area (Å²) in [6, 6.07) is -3.85. The molecule has 0 aromatic carbocycles. The van der Waals surface area contributed by atoms with Gasteiger partial charge in [-0.3, -0.25) is 24.0 Å². The Morgan fingerprint density at radius 1 is 1.00 bits per heavy atom. The van der Waals surface area contributed by atoms with Crippen molar-refractivity contribution in [2.45, 2.75) is 116 Å². The normalized spacial score (nSPS) is 29.6. The fraction of sp³-hybridized carbons (Fsp3) is 0.758. The molecule has 0 aromatic heterocycles.